The van der Waals surface area contributed by atoms with Gasteiger partial charge in [0.1, 0.15) is 0 Å². The predicted molar refractivity (Wildman–Crippen MR) is 140 cm³/mol. The van der Waals surface area contributed by atoms with Crippen molar-refractivity contribution < 1.29 is 0 Å². The average molecular weight is 473 g/mol. The second-order valence-corrected chi connectivity index (χ2v) is 10.3. The smallest absolute Gasteiger partial charge is 0.252 e. The van der Waals surface area contributed by atoms with Gasteiger partial charge in [0.25, 0.3) is 5.56 Å². The number of aromatic amines is 1. The number of H-pyrrole nitrogens is 1. The van der Waals surface area contributed by atoms with Crippen LogP contribution in [0.15, 0.2) is 53.3 Å². The summed E-state index contributed by atoms with van der Waals surface area (Å²) in [5.41, 5.74) is 4.97. The molecule has 0 aliphatic heterocycles. The van der Waals surface area contributed by atoms with Gasteiger partial charge in [-0.1, -0.05) is 49.7 Å². The number of hydrogen-bond acceptors (Lipinski definition) is 5. The zero-order valence-electron chi connectivity index (χ0n) is 21.7. The van der Waals surface area contributed by atoms with Gasteiger partial charge in [0.05, 0.1) is 11.6 Å². The van der Waals surface area contributed by atoms with E-state index in [0.717, 1.165) is 35.1 Å². The average Bonchev–Trinajstić information content (AvgIpc) is 3.31. The first-order chi connectivity index (χ1) is 16.7. The summed E-state index contributed by atoms with van der Waals surface area (Å²) in [5, 5.41) is 13.8. The van der Waals surface area contributed by atoms with Gasteiger partial charge in [0.2, 0.25) is 0 Å². The van der Waals surface area contributed by atoms with Crippen molar-refractivity contribution in [1.29, 1.82) is 0 Å². The fourth-order valence-electron chi connectivity index (χ4n) is 4.55. The van der Waals surface area contributed by atoms with Crippen molar-refractivity contribution in [2.45, 2.75) is 79.1 Å². The lowest BCUT2D eigenvalue weighted by molar-refractivity contribution is 0.153. The van der Waals surface area contributed by atoms with Gasteiger partial charge in [-0.2, -0.15) is 0 Å². The lowest BCUT2D eigenvalue weighted by Crippen LogP contribution is -2.35. The van der Waals surface area contributed by atoms with E-state index in [4.69, 9.17) is 0 Å². The maximum atomic E-state index is 13.1. The topological polar surface area (TPSA) is 79.7 Å². The fourth-order valence-corrected chi connectivity index (χ4v) is 4.55. The van der Waals surface area contributed by atoms with Crippen molar-refractivity contribution in [3.05, 3.63) is 87.0 Å². The number of aryl methyl sites for hydroxylation is 2. The quantitative estimate of drug-likeness (QED) is 0.377. The van der Waals surface area contributed by atoms with Crippen LogP contribution in [0.5, 0.6) is 0 Å². The van der Waals surface area contributed by atoms with Gasteiger partial charge in [-0.3, -0.25) is 9.69 Å². The Morgan fingerprint density at radius 3 is 2.37 bits per heavy atom. The second-order valence-electron chi connectivity index (χ2n) is 10.3. The summed E-state index contributed by atoms with van der Waals surface area (Å²) >= 11 is 0. The molecule has 0 saturated heterocycles. The van der Waals surface area contributed by atoms with Crippen LogP contribution in [0.2, 0.25) is 0 Å². The molecule has 7 heteroatoms. The van der Waals surface area contributed by atoms with E-state index in [0.29, 0.717) is 13.1 Å². The molecule has 35 heavy (non-hydrogen) atoms. The van der Waals surface area contributed by atoms with Gasteiger partial charge >= 0.3 is 0 Å². The van der Waals surface area contributed by atoms with E-state index < -0.39 is 0 Å². The molecule has 0 spiro atoms. The minimum absolute atomic E-state index is 0.0531. The molecule has 2 aromatic carbocycles. The highest BCUT2D eigenvalue weighted by Gasteiger charge is 2.29. The molecule has 0 saturated carbocycles. The summed E-state index contributed by atoms with van der Waals surface area (Å²) in [6.07, 6.45) is 1.77. The van der Waals surface area contributed by atoms with Crippen molar-refractivity contribution in [2.24, 2.45) is 0 Å². The van der Waals surface area contributed by atoms with Crippen LogP contribution in [0, 0.1) is 6.92 Å². The molecule has 2 aromatic heterocycles. The standard InChI is InChI=1S/C28H36N6O/c1-7-20-13-14-24-22(15-20)16-23(27(35)29-24)18-33(17-21-11-9-19(3)10-12-21)25(8-2)26-30-31-32-34(26)28(4,5)6/h9-16,25H,7-8,17-18H2,1-6H3,(H,29,35). The second kappa shape index (κ2) is 10.1. The summed E-state index contributed by atoms with van der Waals surface area (Å²) in [5.74, 6) is 0.817. The number of hydrogen-bond donors (Lipinski definition) is 1. The monoisotopic (exact) mass is 472 g/mol. The summed E-state index contributed by atoms with van der Waals surface area (Å²) in [4.78, 5) is 18.5. The van der Waals surface area contributed by atoms with Gasteiger partial charge in [-0.25, -0.2) is 4.68 Å². The van der Waals surface area contributed by atoms with Crippen molar-refractivity contribution >= 4 is 10.9 Å². The molecular weight excluding hydrogens is 436 g/mol. The first-order valence-electron chi connectivity index (χ1n) is 12.4. The molecule has 7 nitrogen and oxygen atoms in total. The number of benzene rings is 2. The van der Waals surface area contributed by atoms with E-state index >= 15 is 0 Å². The Bertz CT molecular complexity index is 1350. The van der Waals surface area contributed by atoms with Gasteiger partial charge in [-0.05, 0) is 85.7 Å². The Morgan fingerprint density at radius 1 is 1.00 bits per heavy atom. The van der Waals surface area contributed by atoms with Crippen LogP contribution >= 0.6 is 0 Å². The van der Waals surface area contributed by atoms with Crippen LogP contribution < -0.4 is 5.56 Å². The van der Waals surface area contributed by atoms with Gasteiger partial charge in [0.15, 0.2) is 5.82 Å². The van der Waals surface area contributed by atoms with E-state index in [9.17, 15) is 4.79 Å². The van der Waals surface area contributed by atoms with E-state index in [1.807, 2.05) is 16.8 Å². The van der Waals surface area contributed by atoms with Crippen molar-refractivity contribution in [2.75, 3.05) is 0 Å². The third-order valence-electron chi connectivity index (χ3n) is 6.53. The summed E-state index contributed by atoms with van der Waals surface area (Å²) < 4.78 is 1.90. The molecule has 184 valence electrons. The molecule has 1 unspecified atom stereocenters. The number of nitrogens with zero attached hydrogens (tertiary/aromatic N) is 5. The van der Waals surface area contributed by atoms with Crippen LogP contribution in [0.25, 0.3) is 10.9 Å². The van der Waals surface area contributed by atoms with Crippen LogP contribution in [-0.4, -0.2) is 30.1 Å². The Hall–Kier alpha value is -3.32. The Kier molecular flexibility index (Phi) is 7.17. The molecule has 0 bridgehead atoms. The normalized spacial score (nSPS) is 13.0. The Balaban J connectivity index is 1.77. The largest absolute Gasteiger partial charge is 0.322 e. The number of aromatic nitrogens is 5. The minimum atomic E-state index is -0.251. The maximum absolute atomic E-state index is 13.1. The molecule has 2 heterocycles. The predicted octanol–water partition coefficient (Wildman–Crippen LogP) is 5.29. The Labute approximate surface area is 207 Å². The first kappa shape index (κ1) is 24.8. The van der Waals surface area contributed by atoms with Crippen LogP contribution in [0.4, 0.5) is 0 Å². The van der Waals surface area contributed by atoms with Gasteiger partial charge in [0, 0.05) is 24.2 Å². The number of nitrogens with one attached hydrogen (secondary N) is 1. The molecule has 4 rings (SSSR count). The first-order valence-corrected chi connectivity index (χ1v) is 12.4. The molecule has 4 aromatic rings. The molecule has 0 radical (unpaired) electrons. The van der Waals surface area contributed by atoms with Crippen LogP contribution in [-0.2, 0) is 25.0 Å². The molecular formula is C28H36N6O. The van der Waals surface area contributed by atoms with Crippen molar-refractivity contribution in [1.82, 2.24) is 30.1 Å². The van der Waals surface area contributed by atoms with Crippen molar-refractivity contribution in [3.63, 3.8) is 0 Å². The molecule has 1 N–H and O–H groups in total. The van der Waals surface area contributed by atoms with E-state index in [1.165, 1.54) is 16.7 Å². The van der Waals surface area contributed by atoms with E-state index in [1.54, 1.807) is 0 Å². The SMILES string of the molecule is CCc1ccc2[nH]c(=O)c(CN(Cc3ccc(C)cc3)C(CC)c3nnnn3C(C)(C)C)cc2c1. The molecule has 0 fully saturated rings. The number of fused-ring (bicyclic) bond motifs is 1. The van der Waals surface area contributed by atoms with Gasteiger partial charge < -0.3 is 4.98 Å². The molecule has 0 amide bonds. The Morgan fingerprint density at radius 2 is 1.71 bits per heavy atom. The zero-order valence-corrected chi connectivity index (χ0v) is 21.7. The zero-order chi connectivity index (χ0) is 25.2. The lowest BCUT2D eigenvalue weighted by Gasteiger charge is -2.32. The highest BCUT2D eigenvalue weighted by Crippen LogP contribution is 2.29. The fraction of sp³-hybridized carbons (Fsp3) is 0.429. The third kappa shape index (κ3) is 5.51. The summed E-state index contributed by atoms with van der Waals surface area (Å²) in [6, 6.07) is 16.8. The lowest BCUT2D eigenvalue weighted by atomic mass is 10.0. The van der Waals surface area contributed by atoms with E-state index in [2.05, 4.69) is 103 Å². The summed E-state index contributed by atoms with van der Waals surface area (Å²) in [7, 11) is 0. The highest BCUT2D eigenvalue weighted by molar-refractivity contribution is 5.79. The number of pyridine rings is 1. The minimum Gasteiger partial charge on any atom is -0.322 e. The highest BCUT2D eigenvalue weighted by atomic mass is 16.1. The summed E-state index contributed by atoms with van der Waals surface area (Å²) in [6.45, 7) is 13.9. The molecule has 0 aliphatic carbocycles. The molecule has 1 atom stereocenters. The van der Waals surface area contributed by atoms with Gasteiger partial charge in [-0.15, -0.1) is 5.10 Å². The number of rotatable bonds is 8. The third-order valence-corrected chi connectivity index (χ3v) is 6.53. The van der Waals surface area contributed by atoms with Crippen LogP contribution in [0.3, 0.4) is 0 Å². The number of tetrazole rings is 1. The van der Waals surface area contributed by atoms with E-state index in [-0.39, 0.29) is 17.1 Å². The molecule has 0 aliphatic rings. The van der Waals surface area contributed by atoms with Crippen molar-refractivity contribution in [3.8, 4) is 0 Å². The van der Waals surface area contributed by atoms with Crippen LogP contribution in [0.1, 0.15) is 75.2 Å². The maximum Gasteiger partial charge on any atom is 0.252 e.